The summed E-state index contributed by atoms with van der Waals surface area (Å²) < 4.78 is 13.6. The van der Waals surface area contributed by atoms with Crippen molar-refractivity contribution in [2.75, 3.05) is 19.6 Å². The number of nitrogens with one attached hydrogen (secondary N) is 2. The summed E-state index contributed by atoms with van der Waals surface area (Å²) in [5.74, 6) is -0.310. The normalized spacial score (nSPS) is 20.8. The highest BCUT2D eigenvalue weighted by molar-refractivity contribution is 6.30. The van der Waals surface area contributed by atoms with Gasteiger partial charge >= 0.3 is 0 Å². The first-order valence-corrected chi connectivity index (χ1v) is 5.05. The number of hydrogen-bond acceptors (Lipinski definition) is 2. The molecule has 0 spiro atoms. The van der Waals surface area contributed by atoms with Crippen molar-refractivity contribution in [3.05, 3.63) is 34.6 Å². The van der Waals surface area contributed by atoms with Crippen LogP contribution in [0.4, 0.5) is 4.39 Å². The topological polar surface area (TPSA) is 24.1 Å². The van der Waals surface area contributed by atoms with Crippen molar-refractivity contribution >= 4 is 24.0 Å². The highest BCUT2D eigenvalue weighted by Crippen LogP contribution is 2.23. The molecule has 0 unspecified atom stereocenters. The molecule has 84 valence electrons. The van der Waals surface area contributed by atoms with Gasteiger partial charge in [-0.15, -0.1) is 12.4 Å². The van der Waals surface area contributed by atoms with Crippen molar-refractivity contribution in [3.63, 3.8) is 0 Å². The first-order chi connectivity index (χ1) is 6.79. The van der Waals surface area contributed by atoms with Gasteiger partial charge in [0.15, 0.2) is 0 Å². The second-order valence-electron chi connectivity index (χ2n) is 3.35. The highest BCUT2D eigenvalue weighted by Gasteiger charge is 2.18. The molecule has 0 radical (unpaired) electrons. The van der Waals surface area contributed by atoms with Gasteiger partial charge in [-0.2, -0.15) is 0 Å². The minimum absolute atomic E-state index is 0. The highest BCUT2D eigenvalue weighted by atomic mass is 35.5. The molecule has 5 heteroatoms. The Hall–Kier alpha value is -0.350. The fourth-order valence-electron chi connectivity index (χ4n) is 1.66. The number of piperazine rings is 1. The van der Waals surface area contributed by atoms with Gasteiger partial charge in [0.05, 0.1) is 5.02 Å². The van der Waals surface area contributed by atoms with Gasteiger partial charge in [0, 0.05) is 31.2 Å². The molecule has 0 aliphatic carbocycles. The standard InChI is InChI=1S/C10H12ClFN2.ClH/c11-8-3-1-2-7(10(8)12)9-6-13-4-5-14-9;/h1-3,9,13-14H,4-6H2;1H/t9-;/m0./s1. The van der Waals surface area contributed by atoms with E-state index in [9.17, 15) is 4.39 Å². The fraction of sp³-hybridized carbons (Fsp3) is 0.400. The van der Waals surface area contributed by atoms with E-state index in [0.717, 1.165) is 19.6 Å². The summed E-state index contributed by atoms with van der Waals surface area (Å²) in [5.41, 5.74) is 0.643. The average Bonchev–Trinajstić information content (AvgIpc) is 2.23. The lowest BCUT2D eigenvalue weighted by atomic mass is 10.1. The predicted molar refractivity (Wildman–Crippen MR) is 62.3 cm³/mol. The van der Waals surface area contributed by atoms with Crippen LogP contribution in [0.5, 0.6) is 0 Å². The lowest BCUT2D eigenvalue weighted by molar-refractivity contribution is 0.417. The average molecular weight is 251 g/mol. The van der Waals surface area contributed by atoms with Crippen LogP contribution in [0.15, 0.2) is 18.2 Å². The first kappa shape index (κ1) is 12.7. The molecule has 0 bridgehead atoms. The fourth-order valence-corrected chi connectivity index (χ4v) is 1.84. The summed E-state index contributed by atoms with van der Waals surface area (Å²) >= 11 is 5.71. The Labute approximate surface area is 99.6 Å². The van der Waals surface area contributed by atoms with Gasteiger partial charge in [-0.25, -0.2) is 4.39 Å². The summed E-state index contributed by atoms with van der Waals surface area (Å²) in [6.45, 7) is 2.53. The molecule has 15 heavy (non-hydrogen) atoms. The third-order valence-corrected chi connectivity index (χ3v) is 2.69. The van der Waals surface area contributed by atoms with Gasteiger partial charge in [-0.3, -0.25) is 0 Å². The number of halogens is 3. The molecule has 0 aromatic heterocycles. The van der Waals surface area contributed by atoms with E-state index in [0.29, 0.717) is 5.56 Å². The molecule has 2 N–H and O–H groups in total. The molecular weight excluding hydrogens is 238 g/mol. The second kappa shape index (κ2) is 5.66. The number of hydrogen-bond donors (Lipinski definition) is 2. The van der Waals surface area contributed by atoms with Gasteiger partial charge in [0.25, 0.3) is 0 Å². The Morgan fingerprint density at radius 2 is 2.13 bits per heavy atom. The summed E-state index contributed by atoms with van der Waals surface area (Å²) in [7, 11) is 0. The van der Waals surface area contributed by atoms with Crippen molar-refractivity contribution in [1.82, 2.24) is 10.6 Å². The van der Waals surface area contributed by atoms with E-state index in [4.69, 9.17) is 11.6 Å². The zero-order valence-corrected chi connectivity index (χ0v) is 9.67. The van der Waals surface area contributed by atoms with Crippen LogP contribution in [0, 0.1) is 5.82 Å². The zero-order chi connectivity index (χ0) is 9.97. The van der Waals surface area contributed by atoms with Crippen LogP contribution in [0.1, 0.15) is 11.6 Å². The van der Waals surface area contributed by atoms with Crippen molar-refractivity contribution in [2.45, 2.75) is 6.04 Å². The maximum absolute atomic E-state index is 13.6. The van der Waals surface area contributed by atoms with E-state index in [1.807, 2.05) is 0 Å². The first-order valence-electron chi connectivity index (χ1n) is 4.67. The number of benzene rings is 1. The summed E-state index contributed by atoms with van der Waals surface area (Å²) in [6, 6.07) is 5.14. The molecule has 1 fully saturated rings. The Morgan fingerprint density at radius 3 is 2.80 bits per heavy atom. The van der Waals surface area contributed by atoms with Crippen molar-refractivity contribution in [2.24, 2.45) is 0 Å². The van der Waals surface area contributed by atoms with E-state index in [1.165, 1.54) is 0 Å². The molecule has 1 aromatic carbocycles. The molecular formula is C10H13Cl2FN2. The van der Waals surface area contributed by atoms with Crippen LogP contribution >= 0.6 is 24.0 Å². The van der Waals surface area contributed by atoms with Crippen LogP contribution in [-0.4, -0.2) is 19.6 Å². The van der Waals surface area contributed by atoms with Crippen LogP contribution in [0.25, 0.3) is 0 Å². The zero-order valence-electron chi connectivity index (χ0n) is 8.09. The van der Waals surface area contributed by atoms with Gasteiger partial charge in [0.1, 0.15) is 5.82 Å². The van der Waals surface area contributed by atoms with Gasteiger partial charge in [-0.05, 0) is 6.07 Å². The smallest absolute Gasteiger partial charge is 0.146 e. The molecule has 1 aliphatic heterocycles. The largest absolute Gasteiger partial charge is 0.314 e. The summed E-state index contributed by atoms with van der Waals surface area (Å²) in [6.07, 6.45) is 0. The summed E-state index contributed by atoms with van der Waals surface area (Å²) in [5, 5.41) is 6.64. The van der Waals surface area contributed by atoms with Crippen molar-refractivity contribution in [1.29, 1.82) is 0 Å². The molecule has 1 heterocycles. The molecule has 1 aliphatic rings. The van der Waals surface area contributed by atoms with Gasteiger partial charge in [-0.1, -0.05) is 23.7 Å². The van der Waals surface area contributed by atoms with Crippen LogP contribution in [0.2, 0.25) is 5.02 Å². The Morgan fingerprint density at radius 1 is 1.33 bits per heavy atom. The van der Waals surface area contributed by atoms with Crippen molar-refractivity contribution < 1.29 is 4.39 Å². The number of rotatable bonds is 1. The van der Waals surface area contributed by atoms with E-state index >= 15 is 0 Å². The minimum Gasteiger partial charge on any atom is -0.314 e. The lowest BCUT2D eigenvalue weighted by Crippen LogP contribution is -2.42. The SMILES string of the molecule is Cl.Fc1c(Cl)cccc1[C@@H]1CNCCN1. The minimum atomic E-state index is -0.310. The quantitative estimate of drug-likeness (QED) is 0.799. The predicted octanol–water partition coefficient (Wildman–Crippen LogP) is 2.13. The maximum Gasteiger partial charge on any atom is 0.146 e. The molecule has 0 saturated carbocycles. The monoisotopic (exact) mass is 250 g/mol. The van der Waals surface area contributed by atoms with Crippen molar-refractivity contribution in [3.8, 4) is 0 Å². The Balaban J connectivity index is 0.00000112. The Kier molecular flexibility index (Phi) is 4.80. The molecule has 2 rings (SSSR count). The maximum atomic E-state index is 13.6. The summed E-state index contributed by atoms with van der Waals surface area (Å²) in [4.78, 5) is 0. The van der Waals surface area contributed by atoms with E-state index < -0.39 is 0 Å². The van der Waals surface area contributed by atoms with Crippen LogP contribution in [-0.2, 0) is 0 Å². The molecule has 1 saturated heterocycles. The third-order valence-electron chi connectivity index (χ3n) is 2.40. The van der Waals surface area contributed by atoms with Crippen LogP contribution in [0.3, 0.4) is 0 Å². The molecule has 0 amide bonds. The lowest BCUT2D eigenvalue weighted by Gasteiger charge is -2.25. The third kappa shape index (κ3) is 2.82. The second-order valence-corrected chi connectivity index (χ2v) is 3.76. The van der Waals surface area contributed by atoms with E-state index in [-0.39, 0.29) is 29.3 Å². The molecule has 1 atom stereocenters. The van der Waals surface area contributed by atoms with Gasteiger partial charge < -0.3 is 10.6 Å². The molecule has 2 nitrogen and oxygen atoms in total. The Bertz CT molecular complexity index is 327. The van der Waals surface area contributed by atoms with Gasteiger partial charge in [0.2, 0.25) is 0 Å². The molecule has 1 aromatic rings. The van der Waals surface area contributed by atoms with E-state index in [1.54, 1.807) is 18.2 Å². The van der Waals surface area contributed by atoms with Crippen LogP contribution < -0.4 is 10.6 Å². The van der Waals surface area contributed by atoms with E-state index in [2.05, 4.69) is 10.6 Å².